The average molecular weight is 332 g/mol. The summed E-state index contributed by atoms with van der Waals surface area (Å²) in [5.74, 6) is -0.751. The molecule has 0 fully saturated rings. The lowest BCUT2D eigenvalue weighted by molar-refractivity contribution is -0.122. The van der Waals surface area contributed by atoms with Crippen LogP contribution in [0.25, 0.3) is 6.08 Å². The molecule has 5 nitrogen and oxygen atoms in total. The molecule has 0 aliphatic rings. The monoisotopic (exact) mass is 332 g/mol. The molecule has 132 valence electrons. The van der Waals surface area contributed by atoms with Crippen molar-refractivity contribution in [1.82, 2.24) is 5.32 Å². The van der Waals surface area contributed by atoms with Gasteiger partial charge in [0.1, 0.15) is 11.4 Å². The fourth-order valence-electron chi connectivity index (χ4n) is 2.36. The minimum atomic E-state index is -0.684. The Labute approximate surface area is 143 Å². The summed E-state index contributed by atoms with van der Waals surface area (Å²) >= 11 is 0. The van der Waals surface area contributed by atoms with Crippen molar-refractivity contribution in [2.45, 2.75) is 58.3 Å². The number of aromatic hydroxyl groups is 1. The van der Waals surface area contributed by atoms with Crippen LogP contribution in [0.1, 0.15) is 63.9 Å². The zero-order valence-electron chi connectivity index (χ0n) is 14.4. The molecule has 0 saturated carbocycles. The van der Waals surface area contributed by atoms with Gasteiger partial charge in [0, 0.05) is 6.42 Å². The number of carbonyl (C=O) groups excluding carboxylic acids is 2. The van der Waals surface area contributed by atoms with Crippen molar-refractivity contribution in [3.05, 3.63) is 35.5 Å². The third-order valence-corrected chi connectivity index (χ3v) is 3.75. The molecule has 0 aliphatic heterocycles. The zero-order valence-corrected chi connectivity index (χ0v) is 14.4. The molecule has 0 spiro atoms. The van der Waals surface area contributed by atoms with E-state index in [2.05, 4.69) is 12.2 Å². The van der Waals surface area contributed by atoms with Crippen LogP contribution in [0.4, 0.5) is 0 Å². The Bertz CT molecular complexity index is 550. The second-order valence-corrected chi connectivity index (χ2v) is 5.93. The highest BCUT2D eigenvalue weighted by Crippen LogP contribution is 2.12. The second-order valence-electron chi connectivity index (χ2n) is 5.93. The van der Waals surface area contributed by atoms with E-state index in [4.69, 9.17) is 5.73 Å². The summed E-state index contributed by atoms with van der Waals surface area (Å²) in [4.78, 5) is 23.4. The first-order valence-corrected chi connectivity index (χ1v) is 8.63. The zero-order chi connectivity index (χ0) is 17.8. The Kier molecular flexibility index (Phi) is 9.27. The number of phenols is 1. The van der Waals surface area contributed by atoms with E-state index in [1.807, 2.05) is 0 Å². The smallest absolute Gasteiger partial charge is 0.265 e. The molecular formula is C19H28N2O3. The van der Waals surface area contributed by atoms with Gasteiger partial charge in [0.25, 0.3) is 5.91 Å². The SMILES string of the molecule is CCCCCCCCCC(=O)N/C(=C\c1ccc(O)cc1)C(N)=O. The normalized spacial score (nSPS) is 11.3. The number of unbranched alkanes of at least 4 members (excludes halogenated alkanes) is 6. The maximum atomic E-state index is 11.9. The van der Waals surface area contributed by atoms with Crippen molar-refractivity contribution in [2.24, 2.45) is 5.73 Å². The summed E-state index contributed by atoms with van der Waals surface area (Å²) in [5.41, 5.74) is 6.06. The van der Waals surface area contributed by atoms with E-state index in [1.54, 1.807) is 12.1 Å². The Morgan fingerprint density at radius 1 is 1.04 bits per heavy atom. The molecule has 1 aromatic carbocycles. The molecule has 0 atom stereocenters. The molecule has 5 heteroatoms. The highest BCUT2D eigenvalue weighted by atomic mass is 16.3. The van der Waals surface area contributed by atoms with Gasteiger partial charge in [-0.3, -0.25) is 9.59 Å². The van der Waals surface area contributed by atoms with Crippen molar-refractivity contribution in [3.63, 3.8) is 0 Å². The standard InChI is InChI=1S/C19H28N2O3/c1-2-3-4-5-6-7-8-9-18(23)21-17(19(20)24)14-15-10-12-16(22)13-11-15/h10-14,22H,2-9H2,1H3,(H2,20,24)(H,21,23)/b17-14-. The fraction of sp³-hybridized carbons (Fsp3) is 0.474. The molecule has 1 aromatic rings. The molecule has 0 unspecified atom stereocenters. The van der Waals surface area contributed by atoms with Crippen LogP contribution in [0.2, 0.25) is 0 Å². The molecule has 0 aliphatic carbocycles. The minimum absolute atomic E-state index is 0.0636. The minimum Gasteiger partial charge on any atom is -0.508 e. The third-order valence-electron chi connectivity index (χ3n) is 3.75. The maximum Gasteiger partial charge on any atom is 0.265 e. The van der Waals surface area contributed by atoms with Crippen LogP contribution in [0.3, 0.4) is 0 Å². The van der Waals surface area contributed by atoms with Crippen LogP contribution in [0.5, 0.6) is 5.75 Å². The molecule has 4 N–H and O–H groups in total. The molecular weight excluding hydrogens is 304 g/mol. The van der Waals surface area contributed by atoms with Crippen molar-refractivity contribution >= 4 is 17.9 Å². The average Bonchev–Trinajstić information content (AvgIpc) is 2.55. The van der Waals surface area contributed by atoms with Crippen LogP contribution in [-0.2, 0) is 9.59 Å². The molecule has 1 rings (SSSR count). The second kappa shape index (κ2) is 11.3. The Hall–Kier alpha value is -2.30. The number of rotatable bonds is 11. The first-order valence-electron chi connectivity index (χ1n) is 8.63. The lowest BCUT2D eigenvalue weighted by Gasteiger charge is -2.07. The van der Waals surface area contributed by atoms with E-state index in [0.29, 0.717) is 12.0 Å². The van der Waals surface area contributed by atoms with E-state index in [9.17, 15) is 14.7 Å². The van der Waals surface area contributed by atoms with Crippen molar-refractivity contribution in [3.8, 4) is 5.75 Å². The molecule has 24 heavy (non-hydrogen) atoms. The van der Waals surface area contributed by atoms with Crippen molar-refractivity contribution in [2.75, 3.05) is 0 Å². The first kappa shape index (κ1) is 19.7. The van der Waals surface area contributed by atoms with Gasteiger partial charge in [-0.25, -0.2) is 0 Å². The number of nitrogens with one attached hydrogen (secondary N) is 1. The van der Waals surface area contributed by atoms with Crippen LogP contribution in [0, 0.1) is 0 Å². The van der Waals surface area contributed by atoms with Crippen molar-refractivity contribution in [1.29, 1.82) is 0 Å². The van der Waals surface area contributed by atoms with Gasteiger partial charge >= 0.3 is 0 Å². The van der Waals surface area contributed by atoms with Gasteiger partial charge in [-0.05, 0) is 30.2 Å². The van der Waals surface area contributed by atoms with E-state index in [1.165, 1.54) is 43.9 Å². The fourth-order valence-corrected chi connectivity index (χ4v) is 2.36. The molecule has 0 bridgehead atoms. The van der Waals surface area contributed by atoms with E-state index in [-0.39, 0.29) is 17.4 Å². The van der Waals surface area contributed by atoms with E-state index < -0.39 is 5.91 Å². The number of phenolic OH excluding ortho intramolecular Hbond substituents is 1. The first-order chi connectivity index (χ1) is 11.5. The summed E-state index contributed by atoms with van der Waals surface area (Å²) in [6.07, 6.45) is 9.81. The van der Waals surface area contributed by atoms with Crippen LogP contribution in [-0.4, -0.2) is 16.9 Å². The van der Waals surface area contributed by atoms with Crippen molar-refractivity contribution < 1.29 is 14.7 Å². The molecule has 0 saturated heterocycles. The Morgan fingerprint density at radius 2 is 1.62 bits per heavy atom. The summed E-state index contributed by atoms with van der Waals surface area (Å²) in [6, 6.07) is 6.29. The summed E-state index contributed by atoms with van der Waals surface area (Å²) in [7, 11) is 0. The van der Waals surface area contributed by atoms with Gasteiger partial charge in [0.2, 0.25) is 5.91 Å². The van der Waals surface area contributed by atoms with Gasteiger partial charge in [0.15, 0.2) is 0 Å². The Balaban J connectivity index is 2.40. The predicted octanol–water partition coefficient (Wildman–Crippen LogP) is 3.48. The van der Waals surface area contributed by atoms with Crippen LogP contribution >= 0.6 is 0 Å². The summed E-state index contributed by atoms with van der Waals surface area (Å²) < 4.78 is 0. The van der Waals surface area contributed by atoms with Gasteiger partial charge in [-0.15, -0.1) is 0 Å². The van der Waals surface area contributed by atoms with E-state index >= 15 is 0 Å². The predicted molar refractivity (Wildman–Crippen MR) is 96.0 cm³/mol. The number of hydrogen-bond acceptors (Lipinski definition) is 3. The lowest BCUT2D eigenvalue weighted by atomic mass is 10.1. The summed E-state index contributed by atoms with van der Waals surface area (Å²) in [6.45, 7) is 2.19. The third kappa shape index (κ3) is 8.36. The largest absolute Gasteiger partial charge is 0.508 e. The lowest BCUT2D eigenvalue weighted by Crippen LogP contribution is -2.30. The Morgan fingerprint density at radius 3 is 2.21 bits per heavy atom. The van der Waals surface area contributed by atoms with E-state index in [0.717, 1.165) is 19.3 Å². The van der Waals surface area contributed by atoms with Gasteiger partial charge in [0.05, 0.1) is 0 Å². The van der Waals surface area contributed by atoms with Crippen LogP contribution in [0.15, 0.2) is 30.0 Å². The number of hydrogen-bond donors (Lipinski definition) is 3. The molecule has 0 aromatic heterocycles. The quantitative estimate of drug-likeness (QED) is 0.428. The topological polar surface area (TPSA) is 92.4 Å². The molecule has 0 radical (unpaired) electrons. The van der Waals surface area contributed by atoms with Gasteiger partial charge in [-0.1, -0.05) is 57.6 Å². The van der Waals surface area contributed by atoms with Gasteiger partial charge in [-0.2, -0.15) is 0 Å². The number of amides is 2. The molecule has 2 amide bonds. The number of primary amides is 1. The van der Waals surface area contributed by atoms with Crippen LogP contribution < -0.4 is 11.1 Å². The number of carbonyl (C=O) groups is 2. The highest BCUT2D eigenvalue weighted by Gasteiger charge is 2.09. The number of nitrogens with two attached hydrogens (primary N) is 1. The molecule has 0 heterocycles. The van der Waals surface area contributed by atoms with Gasteiger partial charge < -0.3 is 16.2 Å². The number of benzene rings is 1. The maximum absolute atomic E-state index is 11.9. The summed E-state index contributed by atoms with van der Waals surface area (Å²) in [5, 5.41) is 11.8. The highest BCUT2D eigenvalue weighted by molar-refractivity contribution is 6.00.